The van der Waals surface area contributed by atoms with E-state index in [0.717, 1.165) is 12.8 Å². The van der Waals surface area contributed by atoms with Gasteiger partial charge in [0.1, 0.15) is 5.69 Å². The summed E-state index contributed by atoms with van der Waals surface area (Å²) in [6.07, 6.45) is 4.20. The van der Waals surface area contributed by atoms with Gasteiger partial charge in [0.05, 0.1) is 0 Å². The molecule has 1 saturated carbocycles. The lowest BCUT2D eigenvalue weighted by molar-refractivity contribution is -0.130. The molecule has 5 heteroatoms. The molecule has 5 nitrogen and oxygen atoms in total. The first-order valence-corrected chi connectivity index (χ1v) is 7.63. The molecule has 1 aliphatic carbocycles. The monoisotopic (exact) mass is 292 g/mol. The van der Waals surface area contributed by atoms with Crippen molar-refractivity contribution >= 4 is 11.9 Å². The van der Waals surface area contributed by atoms with E-state index in [1.54, 1.807) is 25.3 Å². The van der Waals surface area contributed by atoms with E-state index in [1.807, 2.05) is 0 Å². The number of nitrogens with one attached hydrogen (secondary N) is 2. The van der Waals surface area contributed by atoms with Crippen molar-refractivity contribution in [3.8, 4) is 0 Å². The molecule has 1 aromatic heterocycles. The Morgan fingerprint density at radius 3 is 2.81 bits per heavy atom. The number of aromatic nitrogens is 1. The summed E-state index contributed by atoms with van der Waals surface area (Å²) in [5, 5.41) is 3.02. The van der Waals surface area contributed by atoms with Crippen LogP contribution in [0, 0.1) is 11.8 Å². The Morgan fingerprint density at radius 2 is 2.14 bits per heavy atom. The van der Waals surface area contributed by atoms with Gasteiger partial charge in [-0.05, 0) is 37.3 Å². The minimum Gasteiger partial charge on any atom is -0.448 e. The summed E-state index contributed by atoms with van der Waals surface area (Å²) < 4.78 is 5.18. The standard InChI is InChI=1S/C16H24N2O3/c1-10-6-4-7-13(11(10)2)18-15(19)12(3)21-16(20)14-8-5-9-17-14/h5,8-13,17H,4,6-7H2,1-3H3,(H,18,19)/t10-,11-,12-,13-/m1/s1. The third-order valence-corrected chi connectivity index (χ3v) is 4.51. The summed E-state index contributed by atoms with van der Waals surface area (Å²) in [4.78, 5) is 26.7. The van der Waals surface area contributed by atoms with E-state index in [2.05, 4.69) is 24.1 Å². The number of amides is 1. The highest BCUT2D eigenvalue weighted by molar-refractivity contribution is 5.90. The zero-order valence-corrected chi connectivity index (χ0v) is 12.9. The highest BCUT2D eigenvalue weighted by atomic mass is 16.5. The van der Waals surface area contributed by atoms with E-state index >= 15 is 0 Å². The summed E-state index contributed by atoms with van der Waals surface area (Å²) >= 11 is 0. The number of aromatic amines is 1. The molecule has 0 aromatic carbocycles. The highest BCUT2D eigenvalue weighted by Crippen LogP contribution is 2.29. The van der Waals surface area contributed by atoms with Crippen LogP contribution in [0.3, 0.4) is 0 Å². The average Bonchev–Trinajstić information content (AvgIpc) is 2.98. The van der Waals surface area contributed by atoms with Crippen molar-refractivity contribution in [3.63, 3.8) is 0 Å². The molecule has 4 atom stereocenters. The molecule has 0 spiro atoms. The molecule has 1 heterocycles. The van der Waals surface area contributed by atoms with Gasteiger partial charge in [-0.1, -0.05) is 26.7 Å². The SMILES string of the molecule is C[C@@H]1[C@H](C)CCC[C@H]1NC(=O)[C@@H](C)OC(=O)c1ccc[nH]1. The predicted octanol–water partition coefficient (Wildman–Crippen LogP) is 2.50. The van der Waals surface area contributed by atoms with E-state index in [9.17, 15) is 9.59 Å². The molecule has 1 aliphatic rings. The van der Waals surface area contributed by atoms with Crippen LogP contribution in [0.15, 0.2) is 18.3 Å². The minimum atomic E-state index is -0.787. The largest absolute Gasteiger partial charge is 0.448 e. The number of esters is 1. The average molecular weight is 292 g/mol. The molecule has 1 amide bonds. The summed E-state index contributed by atoms with van der Waals surface area (Å²) in [5.74, 6) is 0.336. The van der Waals surface area contributed by atoms with Crippen LogP contribution in [-0.2, 0) is 9.53 Å². The fourth-order valence-electron chi connectivity index (χ4n) is 2.82. The lowest BCUT2D eigenvalue weighted by atomic mass is 9.78. The molecule has 0 aliphatic heterocycles. The van der Waals surface area contributed by atoms with Gasteiger partial charge < -0.3 is 15.0 Å². The van der Waals surface area contributed by atoms with Crippen LogP contribution in [0.1, 0.15) is 50.5 Å². The fraction of sp³-hybridized carbons (Fsp3) is 0.625. The molecular weight excluding hydrogens is 268 g/mol. The van der Waals surface area contributed by atoms with Crippen molar-refractivity contribution in [1.82, 2.24) is 10.3 Å². The first kappa shape index (κ1) is 15.6. The lowest BCUT2D eigenvalue weighted by Crippen LogP contribution is -2.47. The number of ether oxygens (including phenoxy) is 1. The minimum absolute atomic E-state index is 0.174. The number of carbonyl (C=O) groups excluding carboxylic acids is 2. The van der Waals surface area contributed by atoms with Gasteiger partial charge >= 0.3 is 5.97 Å². The topological polar surface area (TPSA) is 71.2 Å². The van der Waals surface area contributed by atoms with Crippen LogP contribution in [0.25, 0.3) is 0 Å². The summed E-state index contributed by atoms with van der Waals surface area (Å²) in [6.45, 7) is 6.00. The molecule has 21 heavy (non-hydrogen) atoms. The van der Waals surface area contributed by atoms with Gasteiger partial charge in [-0.25, -0.2) is 4.79 Å². The fourth-order valence-corrected chi connectivity index (χ4v) is 2.82. The molecule has 1 fully saturated rings. The first-order chi connectivity index (χ1) is 9.99. The van der Waals surface area contributed by atoms with Crippen molar-refractivity contribution in [1.29, 1.82) is 0 Å². The number of H-pyrrole nitrogens is 1. The van der Waals surface area contributed by atoms with Crippen molar-refractivity contribution in [2.45, 2.75) is 52.2 Å². The van der Waals surface area contributed by atoms with E-state index in [-0.39, 0.29) is 11.9 Å². The normalized spacial score (nSPS) is 26.9. The van der Waals surface area contributed by atoms with E-state index < -0.39 is 12.1 Å². The van der Waals surface area contributed by atoms with Crippen molar-refractivity contribution < 1.29 is 14.3 Å². The summed E-state index contributed by atoms with van der Waals surface area (Å²) in [7, 11) is 0. The first-order valence-electron chi connectivity index (χ1n) is 7.63. The van der Waals surface area contributed by atoms with E-state index in [1.165, 1.54) is 6.42 Å². The van der Waals surface area contributed by atoms with Crippen LogP contribution in [-0.4, -0.2) is 29.0 Å². The van der Waals surface area contributed by atoms with Gasteiger partial charge in [0, 0.05) is 12.2 Å². The predicted molar refractivity (Wildman–Crippen MR) is 79.8 cm³/mol. The van der Waals surface area contributed by atoms with Crippen LogP contribution in [0.4, 0.5) is 0 Å². The Hall–Kier alpha value is -1.78. The molecule has 0 unspecified atom stereocenters. The smallest absolute Gasteiger partial charge is 0.355 e. The number of hydrogen-bond donors (Lipinski definition) is 2. The molecule has 2 rings (SSSR count). The molecule has 0 saturated heterocycles. The van der Waals surface area contributed by atoms with Gasteiger partial charge in [0.25, 0.3) is 5.91 Å². The van der Waals surface area contributed by atoms with Crippen LogP contribution < -0.4 is 5.32 Å². The van der Waals surface area contributed by atoms with Crippen LogP contribution in [0.2, 0.25) is 0 Å². The van der Waals surface area contributed by atoms with Gasteiger partial charge in [0.2, 0.25) is 0 Å². The van der Waals surface area contributed by atoms with Crippen molar-refractivity contribution in [2.75, 3.05) is 0 Å². The second-order valence-electron chi connectivity index (χ2n) is 6.01. The summed E-state index contributed by atoms with van der Waals surface area (Å²) in [5.41, 5.74) is 0.356. The van der Waals surface area contributed by atoms with Crippen LogP contribution >= 0.6 is 0 Å². The second kappa shape index (κ2) is 6.78. The molecule has 116 valence electrons. The maximum absolute atomic E-state index is 12.2. The lowest BCUT2D eigenvalue weighted by Gasteiger charge is -2.35. The van der Waals surface area contributed by atoms with Gasteiger partial charge in [-0.15, -0.1) is 0 Å². The maximum atomic E-state index is 12.2. The Morgan fingerprint density at radius 1 is 1.38 bits per heavy atom. The molecule has 0 bridgehead atoms. The number of carbonyl (C=O) groups is 2. The van der Waals surface area contributed by atoms with Crippen molar-refractivity contribution in [3.05, 3.63) is 24.0 Å². The number of hydrogen-bond acceptors (Lipinski definition) is 3. The van der Waals surface area contributed by atoms with Crippen molar-refractivity contribution in [2.24, 2.45) is 11.8 Å². The van der Waals surface area contributed by atoms with Gasteiger partial charge in [-0.3, -0.25) is 4.79 Å². The molecule has 1 aromatic rings. The molecular formula is C16H24N2O3. The third-order valence-electron chi connectivity index (χ3n) is 4.51. The van der Waals surface area contributed by atoms with E-state index in [0.29, 0.717) is 17.5 Å². The van der Waals surface area contributed by atoms with E-state index in [4.69, 9.17) is 4.74 Å². The Kier molecular flexibility index (Phi) is 5.04. The second-order valence-corrected chi connectivity index (χ2v) is 6.01. The third kappa shape index (κ3) is 3.86. The zero-order valence-electron chi connectivity index (χ0n) is 12.9. The van der Waals surface area contributed by atoms with Gasteiger partial charge in [0.15, 0.2) is 6.10 Å². The quantitative estimate of drug-likeness (QED) is 0.838. The Bertz CT molecular complexity index is 484. The van der Waals surface area contributed by atoms with Crippen LogP contribution in [0.5, 0.6) is 0 Å². The maximum Gasteiger partial charge on any atom is 0.355 e. The highest BCUT2D eigenvalue weighted by Gasteiger charge is 2.30. The Balaban J connectivity index is 1.86. The molecule has 0 radical (unpaired) electrons. The zero-order chi connectivity index (χ0) is 15.4. The summed E-state index contributed by atoms with van der Waals surface area (Å²) in [6, 6.07) is 3.51. The van der Waals surface area contributed by atoms with Gasteiger partial charge in [-0.2, -0.15) is 0 Å². The Labute approximate surface area is 125 Å². The molecule has 2 N–H and O–H groups in total. The number of rotatable bonds is 4.